The Bertz CT molecular complexity index is 466. The summed E-state index contributed by atoms with van der Waals surface area (Å²) in [6.45, 7) is 4.76. The average molecular weight is 332 g/mol. The lowest BCUT2D eigenvalue weighted by atomic mass is 9.88. The minimum atomic E-state index is -3.57. The summed E-state index contributed by atoms with van der Waals surface area (Å²) in [5.41, 5.74) is 0. The van der Waals surface area contributed by atoms with Gasteiger partial charge in [0.05, 0.1) is 12.1 Å². The zero-order valence-electron chi connectivity index (χ0n) is 13.5. The van der Waals surface area contributed by atoms with Crippen LogP contribution in [0.2, 0.25) is 0 Å². The van der Waals surface area contributed by atoms with E-state index < -0.39 is 21.7 Å². The van der Waals surface area contributed by atoms with Gasteiger partial charge in [-0.05, 0) is 51.4 Å². The SMILES string of the molecule is CC1CCC(NS(=O)(=O)CC(=O)N[C@H](C)[C@@H]2CCCO2)CC1. The van der Waals surface area contributed by atoms with Crippen LogP contribution >= 0.6 is 0 Å². The van der Waals surface area contributed by atoms with Gasteiger partial charge in [-0.2, -0.15) is 0 Å². The molecule has 2 aliphatic rings. The molecule has 0 unspecified atom stereocenters. The van der Waals surface area contributed by atoms with Crippen molar-refractivity contribution in [3.05, 3.63) is 0 Å². The number of rotatable bonds is 6. The molecule has 0 aromatic heterocycles. The summed E-state index contributed by atoms with van der Waals surface area (Å²) < 4.78 is 32.3. The molecule has 128 valence electrons. The molecule has 2 fully saturated rings. The summed E-state index contributed by atoms with van der Waals surface area (Å²) in [5.74, 6) is -0.299. The molecule has 0 aromatic rings. The molecule has 1 saturated carbocycles. The highest BCUT2D eigenvalue weighted by Gasteiger charge is 2.27. The van der Waals surface area contributed by atoms with Crippen LogP contribution in [0.25, 0.3) is 0 Å². The number of nitrogens with one attached hydrogen (secondary N) is 2. The highest BCUT2D eigenvalue weighted by Crippen LogP contribution is 2.23. The fourth-order valence-electron chi connectivity index (χ4n) is 3.23. The number of hydrogen-bond acceptors (Lipinski definition) is 4. The average Bonchev–Trinajstić information content (AvgIpc) is 2.94. The standard InChI is InChI=1S/C15H28N2O4S/c1-11-5-7-13(8-6-11)17-22(19,20)10-15(18)16-12(2)14-4-3-9-21-14/h11-14,17H,3-10H2,1-2H3,(H,16,18)/t11?,12-,13?,14+/m1/s1. The highest BCUT2D eigenvalue weighted by molar-refractivity contribution is 7.90. The second-order valence-electron chi connectivity index (χ2n) is 6.74. The molecule has 6 nitrogen and oxygen atoms in total. The Balaban J connectivity index is 1.76. The first-order valence-electron chi connectivity index (χ1n) is 8.26. The molecule has 2 atom stereocenters. The molecular formula is C15H28N2O4S. The summed E-state index contributed by atoms with van der Waals surface area (Å²) >= 11 is 0. The fraction of sp³-hybridized carbons (Fsp3) is 0.933. The van der Waals surface area contributed by atoms with Crippen LogP contribution in [0.3, 0.4) is 0 Å². The van der Waals surface area contributed by atoms with Gasteiger partial charge in [-0.1, -0.05) is 6.92 Å². The van der Waals surface area contributed by atoms with Gasteiger partial charge in [0, 0.05) is 12.6 Å². The van der Waals surface area contributed by atoms with Gasteiger partial charge in [-0.25, -0.2) is 13.1 Å². The first-order chi connectivity index (χ1) is 10.4. The summed E-state index contributed by atoms with van der Waals surface area (Å²) in [6, 6.07) is -0.176. The predicted octanol–water partition coefficient (Wildman–Crippen LogP) is 1.17. The first-order valence-corrected chi connectivity index (χ1v) is 9.92. The van der Waals surface area contributed by atoms with E-state index in [9.17, 15) is 13.2 Å². The molecule has 7 heteroatoms. The number of hydrogen-bond donors (Lipinski definition) is 2. The van der Waals surface area contributed by atoms with E-state index >= 15 is 0 Å². The van der Waals surface area contributed by atoms with E-state index in [0.29, 0.717) is 12.5 Å². The molecule has 1 aliphatic carbocycles. The minimum Gasteiger partial charge on any atom is -0.376 e. The van der Waals surface area contributed by atoms with Crippen LogP contribution in [0.4, 0.5) is 0 Å². The second-order valence-corrected chi connectivity index (χ2v) is 8.50. The van der Waals surface area contributed by atoms with Crippen molar-refractivity contribution in [3.8, 4) is 0 Å². The first kappa shape index (κ1) is 17.7. The molecule has 2 rings (SSSR count). The Labute approximate surface area is 133 Å². The van der Waals surface area contributed by atoms with Crippen molar-refractivity contribution in [3.63, 3.8) is 0 Å². The van der Waals surface area contributed by atoms with Gasteiger partial charge < -0.3 is 10.1 Å². The molecule has 0 bridgehead atoms. The summed E-state index contributed by atoms with van der Waals surface area (Å²) in [5, 5.41) is 2.74. The Hall–Kier alpha value is -0.660. The van der Waals surface area contributed by atoms with Gasteiger partial charge in [-0.15, -0.1) is 0 Å². The lowest BCUT2D eigenvalue weighted by Gasteiger charge is -2.26. The van der Waals surface area contributed by atoms with Crippen LogP contribution in [0, 0.1) is 5.92 Å². The molecule has 22 heavy (non-hydrogen) atoms. The molecule has 2 N–H and O–H groups in total. The Kier molecular flexibility index (Phi) is 6.23. The summed E-state index contributed by atoms with van der Waals surface area (Å²) in [7, 11) is -3.57. The quantitative estimate of drug-likeness (QED) is 0.765. The number of sulfonamides is 1. The molecule has 1 saturated heterocycles. The van der Waals surface area contributed by atoms with E-state index in [2.05, 4.69) is 17.0 Å². The Morgan fingerprint density at radius 3 is 2.50 bits per heavy atom. The lowest BCUT2D eigenvalue weighted by Crippen LogP contribution is -2.46. The third kappa shape index (κ3) is 5.52. The normalized spacial score (nSPS) is 30.9. The third-order valence-electron chi connectivity index (χ3n) is 4.59. The van der Waals surface area contributed by atoms with Crippen LogP contribution in [-0.2, 0) is 19.6 Å². The maximum Gasteiger partial charge on any atom is 0.236 e. The van der Waals surface area contributed by atoms with Crippen molar-refractivity contribution >= 4 is 15.9 Å². The van der Waals surface area contributed by atoms with Crippen LogP contribution in [-0.4, -0.2) is 44.9 Å². The molecule has 1 heterocycles. The van der Waals surface area contributed by atoms with Gasteiger partial charge in [0.15, 0.2) is 0 Å². The van der Waals surface area contributed by atoms with Crippen molar-refractivity contribution in [1.29, 1.82) is 0 Å². The van der Waals surface area contributed by atoms with Crippen LogP contribution < -0.4 is 10.0 Å². The van der Waals surface area contributed by atoms with E-state index in [1.807, 2.05) is 6.92 Å². The van der Waals surface area contributed by atoms with Crippen molar-refractivity contribution in [2.75, 3.05) is 12.4 Å². The number of carbonyl (C=O) groups excluding carboxylic acids is 1. The number of carbonyl (C=O) groups is 1. The predicted molar refractivity (Wildman–Crippen MR) is 84.9 cm³/mol. The maximum absolute atomic E-state index is 12.1. The maximum atomic E-state index is 12.1. The fourth-order valence-corrected chi connectivity index (χ4v) is 4.49. The van der Waals surface area contributed by atoms with Crippen LogP contribution in [0.5, 0.6) is 0 Å². The van der Waals surface area contributed by atoms with Crippen LogP contribution in [0.1, 0.15) is 52.4 Å². The number of ether oxygens (including phenoxy) is 1. The Morgan fingerprint density at radius 1 is 1.23 bits per heavy atom. The second kappa shape index (κ2) is 7.75. The van der Waals surface area contributed by atoms with E-state index in [0.717, 1.165) is 38.5 Å². The van der Waals surface area contributed by atoms with Crippen molar-refractivity contribution in [1.82, 2.24) is 10.0 Å². The van der Waals surface area contributed by atoms with Gasteiger partial charge in [0.25, 0.3) is 0 Å². The zero-order chi connectivity index (χ0) is 16.2. The molecule has 0 aromatic carbocycles. The largest absolute Gasteiger partial charge is 0.376 e. The van der Waals surface area contributed by atoms with Crippen LogP contribution in [0.15, 0.2) is 0 Å². The molecule has 1 amide bonds. The Morgan fingerprint density at radius 2 is 1.91 bits per heavy atom. The third-order valence-corrected chi connectivity index (χ3v) is 5.93. The molecule has 0 radical (unpaired) electrons. The minimum absolute atomic E-state index is 0.000514. The molecular weight excluding hydrogens is 304 g/mol. The van der Waals surface area contributed by atoms with Gasteiger partial charge in [-0.3, -0.25) is 4.79 Å². The van der Waals surface area contributed by atoms with Gasteiger partial charge in [0.1, 0.15) is 5.75 Å². The molecule has 0 spiro atoms. The molecule has 1 aliphatic heterocycles. The van der Waals surface area contributed by atoms with E-state index in [1.54, 1.807) is 0 Å². The lowest BCUT2D eigenvalue weighted by molar-refractivity contribution is -0.120. The van der Waals surface area contributed by atoms with Crippen molar-refractivity contribution in [2.24, 2.45) is 5.92 Å². The van der Waals surface area contributed by atoms with Crippen molar-refractivity contribution < 1.29 is 17.9 Å². The smallest absolute Gasteiger partial charge is 0.236 e. The number of amides is 1. The summed E-state index contributed by atoms with van der Waals surface area (Å²) in [6.07, 6.45) is 5.69. The highest BCUT2D eigenvalue weighted by atomic mass is 32.2. The summed E-state index contributed by atoms with van der Waals surface area (Å²) in [4.78, 5) is 11.9. The van der Waals surface area contributed by atoms with Gasteiger partial charge in [0.2, 0.25) is 15.9 Å². The topological polar surface area (TPSA) is 84.5 Å². The zero-order valence-corrected chi connectivity index (χ0v) is 14.3. The van der Waals surface area contributed by atoms with E-state index in [-0.39, 0.29) is 18.2 Å². The van der Waals surface area contributed by atoms with E-state index in [4.69, 9.17) is 4.74 Å². The van der Waals surface area contributed by atoms with Crippen molar-refractivity contribution in [2.45, 2.75) is 70.6 Å². The van der Waals surface area contributed by atoms with E-state index in [1.165, 1.54) is 0 Å². The monoisotopic (exact) mass is 332 g/mol. The van der Waals surface area contributed by atoms with Gasteiger partial charge >= 0.3 is 0 Å².